The molecule has 3 heteroatoms. The molecule has 2 nitrogen and oxygen atoms in total. The summed E-state index contributed by atoms with van der Waals surface area (Å²) in [6.07, 6.45) is 1.53. The van der Waals surface area contributed by atoms with Gasteiger partial charge in [0.2, 0.25) is 0 Å². The third-order valence-corrected chi connectivity index (χ3v) is 1.37. The average molecular weight is 173 g/mol. The minimum atomic E-state index is -0.131. The van der Waals surface area contributed by atoms with Crippen LogP contribution in [0.15, 0.2) is 23.4 Å². The first-order valence-corrected chi connectivity index (χ1v) is 3.43. The van der Waals surface area contributed by atoms with Crippen molar-refractivity contribution in [2.24, 2.45) is 0 Å². The van der Waals surface area contributed by atoms with Crippen LogP contribution in [-0.2, 0) is 4.79 Å². The molecule has 0 saturated carbocycles. The monoisotopic (exact) mass is 172 g/mol. The summed E-state index contributed by atoms with van der Waals surface area (Å²) in [6.45, 7) is 8.46. The van der Waals surface area contributed by atoms with E-state index in [0.717, 1.165) is 0 Å². The second-order valence-corrected chi connectivity index (χ2v) is 2.68. The highest BCUT2D eigenvalue weighted by molar-refractivity contribution is 6.35. The predicted octanol–water partition coefficient (Wildman–Crippen LogP) is 1.55. The molecule has 60 valence electrons. The Hall–Kier alpha value is -0.890. The van der Waals surface area contributed by atoms with Crippen LogP contribution in [0.25, 0.3) is 0 Å². The Kier molecular flexibility index (Phi) is 3.76. The zero-order chi connectivity index (χ0) is 9.02. The zero-order valence-electron chi connectivity index (χ0n) is 6.72. The lowest BCUT2D eigenvalue weighted by molar-refractivity contribution is -0.412. The van der Waals surface area contributed by atoms with Gasteiger partial charge in [0.25, 0.3) is 0 Å². The van der Waals surface area contributed by atoms with Gasteiger partial charge in [-0.25, -0.2) is 4.58 Å². The highest BCUT2D eigenvalue weighted by Crippen LogP contribution is 2.12. The van der Waals surface area contributed by atoms with E-state index in [4.69, 9.17) is 11.6 Å². The molecule has 11 heavy (non-hydrogen) atoms. The van der Waals surface area contributed by atoms with Gasteiger partial charge in [0, 0.05) is 5.57 Å². The number of rotatable bonds is 3. The van der Waals surface area contributed by atoms with Crippen LogP contribution in [0.2, 0.25) is 0 Å². The Balaban J connectivity index is 4.49. The Labute approximate surface area is 71.5 Å². The molecule has 0 spiro atoms. The molecule has 0 atom stereocenters. The molecule has 0 amide bonds. The molecule has 0 aliphatic rings. The van der Waals surface area contributed by atoms with Crippen LogP contribution in [-0.4, -0.2) is 24.1 Å². The van der Waals surface area contributed by atoms with Gasteiger partial charge in [0.05, 0.1) is 0 Å². The van der Waals surface area contributed by atoms with Crippen LogP contribution >= 0.6 is 11.6 Å². The molecule has 0 aromatic carbocycles. The number of halogens is 1. The summed E-state index contributed by atoms with van der Waals surface area (Å²) in [4.78, 5) is 10.7. The lowest BCUT2D eigenvalue weighted by Crippen LogP contribution is -1.98. The van der Waals surface area contributed by atoms with Gasteiger partial charge in [0.1, 0.15) is 18.8 Å². The average Bonchev–Trinajstić information content (AvgIpc) is 1.84. The van der Waals surface area contributed by atoms with Crippen molar-refractivity contribution in [2.45, 2.75) is 6.92 Å². The molecule has 0 unspecified atom stereocenters. The first kappa shape index (κ1) is 10.1. The van der Waals surface area contributed by atoms with Crippen LogP contribution in [0.4, 0.5) is 0 Å². The number of hydrogen-bond acceptors (Lipinski definition) is 1. The fourth-order valence-electron chi connectivity index (χ4n) is 0.440. The zero-order valence-corrected chi connectivity index (χ0v) is 7.48. The number of carbonyl (C=O) groups is 1. The highest BCUT2D eigenvalue weighted by atomic mass is 35.5. The van der Waals surface area contributed by atoms with Crippen molar-refractivity contribution in [1.82, 2.24) is 0 Å². The SMILES string of the molecule is C=C(C(C)=O)C(Cl)=C[N+](=C)C. The summed E-state index contributed by atoms with van der Waals surface area (Å²) in [7, 11) is 1.72. The molecule has 0 heterocycles. The highest BCUT2D eigenvalue weighted by Gasteiger charge is 2.06. The van der Waals surface area contributed by atoms with E-state index in [9.17, 15) is 4.79 Å². The molecule has 0 rings (SSSR count). The standard InChI is InChI=1S/C8H11ClNO/c1-6(7(2)11)8(9)5-10(3)4/h5H,1,3H2,2,4H3/q+1. The van der Waals surface area contributed by atoms with E-state index in [0.29, 0.717) is 10.6 Å². The van der Waals surface area contributed by atoms with Crippen molar-refractivity contribution < 1.29 is 9.37 Å². The van der Waals surface area contributed by atoms with E-state index in [-0.39, 0.29) is 5.78 Å². The van der Waals surface area contributed by atoms with Gasteiger partial charge < -0.3 is 0 Å². The lowest BCUT2D eigenvalue weighted by atomic mass is 10.2. The van der Waals surface area contributed by atoms with E-state index in [1.807, 2.05) is 0 Å². The molecule has 0 N–H and O–H groups in total. The fraction of sp³-hybridized carbons (Fsp3) is 0.250. The Morgan fingerprint density at radius 1 is 1.64 bits per heavy atom. The maximum Gasteiger partial charge on any atom is 0.187 e. The fourth-order valence-corrected chi connectivity index (χ4v) is 0.739. The molecule has 0 saturated heterocycles. The first-order chi connectivity index (χ1) is 4.95. The van der Waals surface area contributed by atoms with Crippen LogP contribution in [0.1, 0.15) is 6.92 Å². The van der Waals surface area contributed by atoms with Crippen LogP contribution in [0.3, 0.4) is 0 Å². The molecule has 0 bridgehead atoms. The molecule has 0 radical (unpaired) electrons. The second kappa shape index (κ2) is 4.09. The number of carbonyl (C=O) groups excluding carboxylic acids is 1. The van der Waals surface area contributed by atoms with Crippen molar-refractivity contribution in [3.05, 3.63) is 23.4 Å². The number of allylic oxidation sites excluding steroid dienone is 2. The third kappa shape index (κ3) is 3.73. The maximum absolute atomic E-state index is 10.7. The quantitative estimate of drug-likeness (QED) is 0.274. The third-order valence-electron chi connectivity index (χ3n) is 1.05. The van der Waals surface area contributed by atoms with Gasteiger partial charge >= 0.3 is 0 Å². The van der Waals surface area contributed by atoms with Crippen molar-refractivity contribution >= 4 is 24.1 Å². The molecule has 0 aliphatic carbocycles. The summed E-state index contributed by atoms with van der Waals surface area (Å²) in [5.74, 6) is -0.131. The Morgan fingerprint density at radius 2 is 2.09 bits per heavy atom. The van der Waals surface area contributed by atoms with Crippen LogP contribution < -0.4 is 0 Å². The summed E-state index contributed by atoms with van der Waals surface area (Å²) >= 11 is 5.68. The van der Waals surface area contributed by atoms with E-state index in [1.54, 1.807) is 7.05 Å². The van der Waals surface area contributed by atoms with Crippen molar-refractivity contribution in [3.8, 4) is 0 Å². The van der Waals surface area contributed by atoms with E-state index >= 15 is 0 Å². The Bertz CT molecular complexity index is 240. The minimum absolute atomic E-state index is 0.131. The maximum atomic E-state index is 10.7. The largest absolute Gasteiger partial charge is 0.294 e. The van der Waals surface area contributed by atoms with E-state index in [1.165, 1.54) is 17.7 Å². The minimum Gasteiger partial charge on any atom is -0.294 e. The number of Topliss-reactive ketones (excluding diaryl/α,β-unsaturated/α-hetero) is 1. The summed E-state index contributed by atoms with van der Waals surface area (Å²) < 4.78 is 1.51. The van der Waals surface area contributed by atoms with Crippen LogP contribution in [0, 0.1) is 0 Å². The summed E-state index contributed by atoms with van der Waals surface area (Å²) in [5, 5.41) is 0.329. The molecule has 0 aliphatic heterocycles. The second-order valence-electron chi connectivity index (χ2n) is 2.27. The van der Waals surface area contributed by atoms with Gasteiger partial charge in [-0.3, -0.25) is 4.79 Å². The lowest BCUT2D eigenvalue weighted by Gasteiger charge is -1.94. The molecule has 0 aromatic heterocycles. The molecular formula is C8H11ClNO+. The van der Waals surface area contributed by atoms with Gasteiger partial charge in [-0.2, -0.15) is 0 Å². The van der Waals surface area contributed by atoms with Crippen molar-refractivity contribution in [3.63, 3.8) is 0 Å². The number of hydrogen-bond donors (Lipinski definition) is 0. The molecule has 0 aromatic rings. The van der Waals surface area contributed by atoms with Gasteiger partial charge in [-0.05, 0) is 6.92 Å². The predicted molar refractivity (Wildman–Crippen MR) is 47.1 cm³/mol. The Morgan fingerprint density at radius 3 is 2.36 bits per heavy atom. The number of nitrogens with zero attached hydrogens (tertiary/aromatic N) is 1. The van der Waals surface area contributed by atoms with Gasteiger partial charge in [0.15, 0.2) is 12.0 Å². The smallest absolute Gasteiger partial charge is 0.187 e. The topological polar surface area (TPSA) is 20.1 Å². The normalized spacial score (nSPS) is 11.0. The van der Waals surface area contributed by atoms with Crippen LogP contribution in [0.5, 0.6) is 0 Å². The van der Waals surface area contributed by atoms with E-state index in [2.05, 4.69) is 13.3 Å². The molecule has 0 fully saturated rings. The first-order valence-electron chi connectivity index (χ1n) is 3.06. The van der Waals surface area contributed by atoms with Crippen molar-refractivity contribution in [1.29, 1.82) is 0 Å². The number of ketones is 1. The van der Waals surface area contributed by atoms with E-state index < -0.39 is 0 Å². The molecular weight excluding hydrogens is 162 g/mol. The van der Waals surface area contributed by atoms with Gasteiger partial charge in [-0.15, -0.1) is 0 Å². The summed E-state index contributed by atoms with van der Waals surface area (Å²) in [6, 6.07) is 0. The summed E-state index contributed by atoms with van der Waals surface area (Å²) in [5.41, 5.74) is 0.308. The van der Waals surface area contributed by atoms with Crippen molar-refractivity contribution in [2.75, 3.05) is 7.05 Å². The van der Waals surface area contributed by atoms with Gasteiger partial charge in [-0.1, -0.05) is 18.2 Å².